The Bertz CT molecular complexity index is 1120. The van der Waals surface area contributed by atoms with Gasteiger partial charge in [-0.15, -0.1) is 0 Å². The van der Waals surface area contributed by atoms with Crippen LogP contribution in [0.25, 0.3) is 11.0 Å². The van der Waals surface area contributed by atoms with Crippen molar-refractivity contribution in [2.24, 2.45) is 0 Å². The van der Waals surface area contributed by atoms with E-state index in [-0.39, 0.29) is 18.4 Å². The average Bonchev–Trinajstić information content (AvgIpc) is 2.72. The summed E-state index contributed by atoms with van der Waals surface area (Å²) in [5.41, 5.74) is 2.40. The number of anilines is 1. The van der Waals surface area contributed by atoms with Crippen LogP contribution in [0, 0.1) is 0 Å². The summed E-state index contributed by atoms with van der Waals surface area (Å²) in [6, 6.07) is 13.7. The molecule has 2 aromatic carbocycles. The van der Waals surface area contributed by atoms with E-state index < -0.39 is 5.63 Å². The maximum Gasteiger partial charge on any atom is 0.336 e. The first-order valence-corrected chi connectivity index (χ1v) is 9.64. The van der Waals surface area contributed by atoms with Gasteiger partial charge in [-0.05, 0) is 41.8 Å². The maximum absolute atomic E-state index is 12.2. The van der Waals surface area contributed by atoms with Gasteiger partial charge in [0, 0.05) is 37.3 Å². The monoisotopic (exact) mass is 408 g/mol. The van der Waals surface area contributed by atoms with E-state index in [0.717, 1.165) is 16.5 Å². The fraction of sp³-hybridized carbons (Fsp3) is 0.261. The van der Waals surface area contributed by atoms with Crippen LogP contribution in [0.5, 0.6) is 5.75 Å². The number of aryl methyl sites for hydroxylation is 1. The molecule has 1 N–H and O–H groups in total. The molecule has 0 aliphatic heterocycles. The van der Waals surface area contributed by atoms with Gasteiger partial charge in [0.05, 0.1) is 6.42 Å². The van der Waals surface area contributed by atoms with E-state index in [4.69, 9.17) is 9.15 Å². The molecule has 1 heterocycles. The van der Waals surface area contributed by atoms with Gasteiger partial charge in [-0.2, -0.15) is 0 Å². The number of hydrogen-bond acceptors (Lipinski definition) is 5. The molecule has 0 aliphatic rings. The number of carbonyl (C=O) groups is 2. The van der Waals surface area contributed by atoms with Gasteiger partial charge in [-0.1, -0.05) is 19.1 Å². The number of likely N-dealkylation sites (N-methyl/N-ethyl adjacent to an activating group) is 1. The number of carbonyl (C=O) groups excluding carboxylic acids is 2. The van der Waals surface area contributed by atoms with E-state index in [1.165, 1.54) is 11.0 Å². The molecule has 0 fully saturated rings. The molecule has 0 radical (unpaired) electrons. The first-order chi connectivity index (χ1) is 14.4. The van der Waals surface area contributed by atoms with Crippen LogP contribution in [0.3, 0.4) is 0 Å². The topological polar surface area (TPSA) is 88.8 Å². The molecule has 0 saturated heterocycles. The fourth-order valence-electron chi connectivity index (χ4n) is 2.98. The molecule has 0 unspecified atom stereocenters. The average molecular weight is 408 g/mol. The van der Waals surface area contributed by atoms with Gasteiger partial charge in [0.1, 0.15) is 11.3 Å². The zero-order chi connectivity index (χ0) is 21.7. The van der Waals surface area contributed by atoms with Gasteiger partial charge in [-0.25, -0.2) is 4.79 Å². The highest BCUT2D eigenvalue weighted by molar-refractivity contribution is 5.92. The Kier molecular flexibility index (Phi) is 6.51. The zero-order valence-electron chi connectivity index (χ0n) is 17.2. The summed E-state index contributed by atoms with van der Waals surface area (Å²) in [5.74, 6) is 0.125. The Morgan fingerprint density at radius 2 is 1.80 bits per heavy atom. The van der Waals surface area contributed by atoms with Crippen LogP contribution in [0.15, 0.2) is 57.7 Å². The zero-order valence-corrected chi connectivity index (χ0v) is 17.2. The van der Waals surface area contributed by atoms with Crippen LogP contribution in [0.4, 0.5) is 5.69 Å². The molecule has 3 aromatic rings. The summed E-state index contributed by atoms with van der Waals surface area (Å²) in [6.07, 6.45) is 1.02. The van der Waals surface area contributed by atoms with E-state index in [1.54, 1.807) is 50.5 Å². The van der Waals surface area contributed by atoms with Gasteiger partial charge >= 0.3 is 5.63 Å². The van der Waals surface area contributed by atoms with E-state index >= 15 is 0 Å². The summed E-state index contributed by atoms with van der Waals surface area (Å²) >= 11 is 0. The van der Waals surface area contributed by atoms with Gasteiger partial charge in [-0.3, -0.25) is 9.59 Å². The van der Waals surface area contributed by atoms with Crippen molar-refractivity contribution >= 4 is 28.5 Å². The number of ether oxygens (including phenoxy) is 1. The summed E-state index contributed by atoms with van der Waals surface area (Å²) in [6.45, 7) is 1.78. The maximum atomic E-state index is 12.2. The van der Waals surface area contributed by atoms with E-state index in [0.29, 0.717) is 29.9 Å². The largest absolute Gasteiger partial charge is 0.484 e. The van der Waals surface area contributed by atoms with Gasteiger partial charge in [0.25, 0.3) is 5.91 Å². The van der Waals surface area contributed by atoms with Gasteiger partial charge in [0.15, 0.2) is 6.61 Å². The van der Waals surface area contributed by atoms with Crippen LogP contribution < -0.4 is 15.7 Å². The van der Waals surface area contributed by atoms with E-state index in [1.807, 2.05) is 13.0 Å². The fourth-order valence-corrected chi connectivity index (χ4v) is 2.98. The smallest absolute Gasteiger partial charge is 0.336 e. The number of benzene rings is 2. The lowest BCUT2D eigenvalue weighted by Crippen LogP contribution is -2.23. The van der Waals surface area contributed by atoms with Crippen molar-refractivity contribution in [3.63, 3.8) is 0 Å². The lowest BCUT2D eigenvalue weighted by Gasteiger charge is -2.11. The number of nitrogens with zero attached hydrogens (tertiary/aromatic N) is 1. The molecule has 7 heteroatoms. The molecule has 2 amide bonds. The van der Waals surface area contributed by atoms with Crippen LogP contribution in [-0.4, -0.2) is 37.4 Å². The third-order valence-electron chi connectivity index (χ3n) is 4.64. The van der Waals surface area contributed by atoms with Crippen molar-refractivity contribution in [2.75, 3.05) is 26.0 Å². The molecule has 156 valence electrons. The molecule has 3 rings (SSSR count). The highest BCUT2D eigenvalue weighted by atomic mass is 16.5. The Morgan fingerprint density at radius 1 is 1.07 bits per heavy atom. The summed E-state index contributed by atoms with van der Waals surface area (Å²) in [5, 5.41) is 3.60. The molecule has 0 spiro atoms. The Hall–Kier alpha value is -3.61. The Labute approximate surface area is 174 Å². The highest BCUT2D eigenvalue weighted by Crippen LogP contribution is 2.23. The number of nitrogens with one attached hydrogen (secondary N) is 1. The van der Waals surface area contributed by atoms with E-state index in [9.17, 15) is 14.4 Å². The molecular weight excluding hydrogens is 384 g/mol. The molecule has 0 saturated carbocycles. The summed E-state index contributed by atoms with van der Waals surface area (Å²) in [4.78, 5) is 37.1. The quantitative estimate of drug-likeness (QED) is 0.607. The van der Waals surface area contributed by atoms with Crippen molar-refractivity contribution in [1.29, 1.82) is 0 Å². The number of rotatable bonds is 7. The molecule has 7 nitrogen and oxygen atoms in total. The molecule has 1 aromatic heterocycles. The highest BCUT2D eigenvalue weighted by Gasteiger charge is 2.09. The van der Waals surface area contributed by atoms with Crippen LogP contribution >= 0.6 is 0 Å². The standard InChI is InChI=1S/C23H24N2O5/c1-4-16-12-23(28)30-20-13-18(9-10-19(16)20)29-14-21(26)24-17-7-5-15(6-8-17)11-22(27)25(2)3/h5-10,12-13H,4,11,14H2,1-3H3,(H,24,26). The molecular formula is C23H24N2O5. The first kappa shape index (κ1) is 21.1. The first-order valence-electron chi connectivity index (χ1n) is 9.64. The summed E-state index contributed by atoms with van der Waals surface area (Å²) < 4.78 is 10.8. The minimum atomic E-state index is -0.412. The van der Waals surface area contributed by atoms with E-state index in [2.05, 4.69) is 5.32 Å². The van der Waals surface area contributed by atoms with Crippen molar-refractivity contribution < 1.29 is 18.7 Å². The second-order valence-electron chi connectivity index (χ2n) is 7.10. The molecule has 0 aliphatic carbocycles. The second-order valence-corrected chi connectivity index (χ2v) is 7.10. The van der Waals surface area contributed by atoms with Crippen LogP contribution in [0.1, 0.15) is 18.1 Å². The number of amides is 2. The van der Waals surface area contributed by atoms with Crippen molar-refractivity contribution in [1.82, 2.24) is 4.90 Å². The SMILES string of the molecule is CCc1cc(=O)oc2cc(OCC(=O)Nc3ccc(CC(=O)N(C)C)cc3)ccc12. The van der Waals surface area contributed by atoms with Crippen molar-refractivity contribution in [2.45, 2.75) is 19.8 Å². The van der Waals surface area contributed by atoms with Crippen molar-refractivity contribution in [3.8, 4) is 5.75 Å². The Balaban J connectivity index is 1.59. The van der Waals surface area contributed by atoms with Gasteiger partial charge in [0.2, 0.25) is 5.91 Å². The third-order valence-corrected chi connectivity index (χ3v) is 4.64. The number of fused-ring (bicyclic) bond motifs is 1. The predicted molar refractivity (Wildman–Crippen MR) is 115 cm³/mol. The Morgan fingerprint density at radius 3 is 2.47 bits per heavy atom. The van der Waals surface area contributed by atoms with Crippen molar-refractivity contribution in [3.05, 3.63) is 70.1 Å². The minimum absolute atomic E-state index is 0.0115. The summed E-state index contributed by atoms with van der Waals surface area (Å²) in [7, 11) is 3.42. The third kappa shape index (κ3) is 5.26. The normalized spacial score (nSPS) is 10.6. The van der Waals surface area contributed by atoms with Crippen LogP contribution in [-0.2, 0) is 22.4 Å². The lowest BCUT2D eigenvalue weighted by atomic mass is 10.1. The lowest BCUT2D eigenvalue weighted by molar-refractivity contribution is -0.128. The second kappa shape index (κ2) is 9.26. The van der Waals surface area contributed by atoms with Gasteiger partial charge < -0.3 is 19.4 Å². The van der Waals surface area contributed by atoms with Crippen LogP contribution in [0.2, 0.25) is 0 Å². The minimum Gasteiger partial charge on any atom is -0.484 e. The number of hydrogen-bond donors (Lipinski definition) is 1. The molecule has 0 bridgehead atoms. The molecule has 30 heavy (non-hydrogen) atoms. The predicted octanol–water partition coefficient (Wildman–Crippen LogP) is 3.00. The molecule has 0 atom stereocenters.